The van der Waals surface area contributed by atoms with Crippen LogP contribution < -0.4 is 0 Å². The van der Waals surface area contributed by atoms with Gasteiger partial charge in [0.05, 0.1) is 0 Å². The van der Waals surface area contributed by atoms with E-state index in [-0.39, 0.29) is 33.7 Å². The normalized spacial score (nSPS) is 19.4. The van der Waals surface area contributed by atoms with Crippen molar-refractivity contribution in [2.75, 3.05) is 0 Å². The van der Waals surface area contributed by atoms with Gasteiger partial charge in [-0.2, -0.15) is 0 Å². The minimum Gasteiger partial charge on any atom is -0.654 e. The second kappa shape index (κ2) is 11.5. The topological polar surface area (TPSA) is 66.9 Å². The molecule has 2 aromatic rings. The number of aliphatic imine (C=N–C) groups is 1. The number of phenols is 2. The van der Waals surface area contributed by atoms with Crippen LogP contribution in [0.25, 0.3) is 5.32 Å². The summed E-state index contributed by atoms with van der Waals surface area (Å²) in [5, 5.41) is 27.6. The van der Waals surface area contributed by atoms with Crippen LogP contribution in [0.1, 0.15) is 142 Å². The number of rotatable bonds is 5. The van der Waals surface area contributed by atoms with E-state index in [4.69, 9.17) is 10.3 Å². The Labute approximate surface area is 244 Å². The molecule has 1 saturated carbocycles. The zero-order valence-electron chi connectivity index (χ0n) is 27.4. The van der Waals surface area contributed by atoms with Gasteiger partial charge in [-0.05, 0) is 56.4 Å². The van der Waals surface area contributed by atoms with Crippen molar-refractivity contribution in [3.8, 4) is 11.5 Å². The number of benzene rings is 2. The Kier molecular flexibility index (Phi) is 9.26. The Hall–Kier alpha value is -2.33. The highest BCUT2D eigenvalue weighted by atomic mass is 16.3. The molecule has 2 N–H and O–H groups in total. The lowest BCUT2D eigenvalue weighted by atomic mass is 9.79. The lowest BCUT2D eigenvalue weighted by molar-refractivity contribution is 0.406. The van der Waals surface area contributed by atoms with Gasteiger partial charge in [-0.25, -0.2) is 0 Å². The summed E-state index contributed by atoms with van der Waals surface area (Å²) < 4.78 is 0. The molecule has 0 saturated heterocycles. The summed E-state index contributed by atoms with van der Waals surface area (Å²) in [6, 6.07) is 8.70. The Morgan fingerprint density at radius 2 is 1.20 bits per heavy atom. The Bertz CT molecular complexity index is 1210. The van der Waals surface area contributed by atoms with Gasteiger partial charge in [0.25, 0.3) is 0 Å². The zero-order valence-corrected chi connectivity index (χ0v) is 27.4. The van der Waals surface area contributed by atoms with E-state index in [1.54, 1.807) is 0 Å². The number of hydrogen-bond donors (Lipinski definition) is 2. The fourth-order valence-electron chi connectivity index (χ4n) is 5.45. The van der Waals surface area contributed by atoms with Gasteiger partial charge in [0.15, 0.2) is 0 Å². The Morgan fingerprint density at radius 1 is 0.700 bits per heavy atom. The Balaban J connectivity index is 1.91. The molecule has 0 heterocycles. The largest absolute Gasteiger partial charge is 0.654 e. The molecule has 0 radical (unpaired) electrons. The summed E-state index contributed by atoms with van der Waals surface area (Å²) in [5.74, 6) is 0.700. The van der Waals surface area contributed by atoms with Crippen molar-refractivity contribution < 1.29 is 10.2 Å². The van der Waals surface area contributed by atoms with Crippen molar-refractivity contribution >= 4 is 6.21 Å². The fourth-order valence-corrected chi connectivity index (χ4v) is 5.45. The highest BCUT2D eigenvalue weighted by Gasteiger charge is 2.26. The van der Waals surface area contributed by atoms with Crippen molar-refractivity contribution in [2.45, 2.75) is 149 Å². The molecule has 4 heteroatoms. The van der Waals surface area contributed by atoms with Crippen LogP contribution in [-0.2, 0) is 28.2 Å². The molecule has 222 valence electrons. The second-order valence-corrected chi connectivity index (χ2v) is 16.0. The average molecular weight is 548 g/mol. The van der Waals surface area contributed by atoms with Crippen LogP contribution >= 0.6 is 0 Å². The molecule has 3 rings (SSSR count). The summed E-state index contributed by atoms with van der Waals surface area (Å²) in [4.78, 5) is 5.05. The van der Waals surface area contributed by atoms with Crippen LogP contribution in [0.4, 0.5) is 0 Å². The standard InChI is InChI=1S/C36H55N2O2/c1-33(2,3)25-17-23(31(39)27(19-25)35(7,8)9)21-37-29-15-13-14-16-30(29)38-22-24-18-26(34(4,5)6)20-28(32(24)40)36(10,11)12/h17-21,29-30,39-40H,13-16,22H2,1-12H3/q-1. The molecular weight excluding hydrogens is 492 g/mol. The fraction of sp³-hybridized carbons (Fsp3) is 0.639. The minimum absolute atomic E-state index is 0.0182. The molecule has 0 bridgehead atoms. The lowest BCUT2D eigenvalue weighted by Gasteiger charge is -2.40. The third kappa shape index (κ3) is 7.69. The monoisotopic (exact) mass is 547 g/mol. The third-order valence-electron chi connectivity index (χ3n) is 8.27. The van der Waals surface area contributed by atoms with E-state index in [0.717, 1.165) is 47.9 Å². The van der Waals surface area contributed by atoms with Crippen LogP contribution in [0.15, 0.2) is 29.3 Å². The van der Waals surface area contributed by atoms with Gasteiger partial charge in [0, 0.05) is 23.4 Å². The maximum absolute atomic E-state index is 11.3. The number of aromatic hydroxyl groups is 2. The van der Waals surface area contributed by atoms with E-state index in [2.05, 4.69) is 107 Å². The van der Waals surface area contributed by atoms with Gasteiger partial charge >= 0.3 is 0 Å². The zero-order chi connectivity index (χ0) is 30.3. The van der Waals surface area contributed by atoms with E-state index < -0.39 is 0 Å². The van der Waals surface area contributed by atoms with Crippen LogP contribution in [0.5, 0.6) is 11.5 Å². The minimum atomic E-state index is -0.174. The van der Waals surface area contributed by atoms with E-state index >= 15 is 0 Å². The molecule has 0 spiro atoms. The molecule has 4 nitrogen and oxygen atoms in total. The quantitative estimate of drug-likeness (QED) is 0.366. The molecule has 1 fully saturated rings. The van der Waals surface area contributed by atoms with Crippen molar-refractivity contribution in [1.29, 1.82) is 0 Å². The van der Waals surface area contributed by atoms with Crippen molar-refractivity contribution in [2.24, 2.45) is 4.99 Å². The average Bonchev–Trinajstić information content (AvgIpc) is 2.80. The first kappa shape index (κ1) is 32.2. The van der Waals surface area contributed by atoms with Gasteiger partial charge in [-0.3, -0.25) is 4.99 Å². The number of nitrogens with zero attached hydrogens (tertiary/aromatic N) is 2. The molecule has 2 aromatic carbocycles. The van der Waals surface area contributed by atoms with Crippen molar-refractivity contribution in [1.82, 2.24) is 0 Å². The summed E-state index contributed by atoms with van der Waals surface area (Å²) >= 11 is 0. The summed E-state index contributed by atoms with van der Waals surface area (Å²) in [6.07, 6.45) is 6.13. The predicted octanol–water partition coefficient (Wildman–Crippen LogP) is 9.59. The molecule has 2 atom stereocenters. The van der Waals surface area contributed by atoms with Gasteiger partial charge in [-0.1, -0.05) is 121 Å². The highest BCUT2D eigenvalue weighted by Crippen LogP contribution is 2.40. The molecule has 1 aliphatic carbocycles. The maximum atomic E-state index is 11.3. The number of phenolic OH excluding ortho intramolecular Hbond substituents is 2. The number of hydrogen-bond acceptors (Lipinski definition) is 3. The molecule has 0 aliphatic heterocycles. The van der Waals surface area contributed by atoms with Crippen LogP contribution in [-0.4, -0.2) is 28.5 Å². The van der Waals surface area contributed by atoms with Crippen LogP contribution in [0, 0.1) is 0 Å². The van der Waals surface area contributed by atoms with Gasteiger partial charge in [-0.15, -0.1) is 12.6 Å². The Morgan fingerprint density at radius 3 is 1.73 bits per heavy atom. The SMILES string of the molecule is CC(C)(C)c1cc(C=NC2CCCCC2[N-]Cc2cc(C(C)(C)C)cc(C(C)(C)C)c2O)c(O)c(C(C)(C)C)c1. The maximum Gasteiger partial charge on any atom is 0.128 e. The van der Waals surface area contributed by atoms with E-state index in [1.807, 2.05) is 6.21 Å². The third-order valence-corrected chi connectivity index (χ3v) is 8.27. The van der Waals surface area contributed by atoms with E-state index in [0.29, 0.717) is 18.0 Å². The molecule has 1 aliphatic rings. The smallest absolute Gasteiger partial charge is 0.128 e. The van der Waals surface area contributed by atoms with Crippen LogP contribution in [0.3, 0.4) is 0 Å². The van der Waals surface area contributed by atoms with Crippen molar-refractivity contribution in [3.63, 3.8) is 0 Å². The summed E-state index contributed by atoms with van der Waals surface area (Å²) in [5.41, 5.74) is 5.65. The summed E-state index contributed by atoms with van der Waals surface area (Å²) in [6.45, 7) is 26.6. The second-order valence-electron chi connectivity index (χ2n) is 16.0. The van der Waals surface area contributed by atoms with Gasteiger partial charge in [0.2, 0.25) is 0 Å². The molecule has 0 amide bonds. The van der Waals surface area contributed by atoms with E-state index in [9.17, 15) is 10.2 Å². The molecular formula is C36H55N2O2-. The van der Waals surface area contributed by atoms with Crippen LogP contribution in [0.2, 0.25) is 0 Å². The first-order chi connectivity index (χ1) is 18.2. The molecule has 2 unspecified atom stereocenters. The summed E-state index contributed by atoms with van der Waals surface area (Å²) in [7, 11) is 0. The van der Waals surface area contributed by atoms with Gasteiger partial charge < -0.3 is 15.5 Å². The van der Waals surface area contributed by atoms with E-state index in [1.165, 1.54) is 11.1 Å². The lowest BCUT2D eigenvalue weighted by Crippen LogP contribution is -2.28. The first-order valence-corrected chi connectivity index (χ1v) is 15.1. The molecule has 40 heavy (non-hydrogen) atoms. The predicted molar refractivity (Wildman–Crippen MR) is 172 cm³/mol. The molecule has 0 aromatic heterocycles. The first-order valence-electron chi connectivity index (χ1n) is 15.1. The highest BCUT2D eigenvalue weighted by molar-refractivity contribution is 5.85. The van der Waals surface area contributed by atoms with Crippen molar-refractivity contribution in [3.05, 3.63) is 63.0 Å². The van der Waals surface area contributed by atoms with Gasteiger partial charge in [0.1, 0.15) is 11.5 Å².